The van der Waals surface area contributed by atoms with Gasteiger partial charge in [0.15, 0.2) is 0 Å². The summed E-state index contributed by atoms with van der Waals surface area (Å²) in [4.78, 5) is 31.4. The number of aromatic amines is 1. The van der Waals surface area contributed by atoms with Gasteiger partial charge in [-0.15, -0.1) is 0 Å². The number of aromatic nitrogens is 2. The molecule has 6 nitrogen and oxygen atoms in total. The fourth-order valence-corrected chi connectivity index (χ4v) is 1.81. The molecule has 0 saturated carbocycles. The number of ether oxygens (including phenoxy) is 1. The van der Waals surface area contributed by atoms with Gasteiger partial charge in [-0.05, 0) is 20.8 Å². The number of hydrogen-bond donors (Lipinski definition) is 1. The van der Waals surface area contributed by atoms with Gasteiger partial charge in [0.1, 0.15) is 5.60 Å². The number of carbonyl (C=O) groups excluding carboxylic acids is 1. The van der Waals surface area contributed by atoms with E-state index in [9.17, 15) is 9.59 Å². The predicted molar refractivity (Wildman–Crippen MR) is 65.2 cm³/mol. The fourth-order valence-electron chi connectivity index (χ4n) is 1.81. The number of fused-ring (bicyclic) bond motifs is 1. The quantitative estimate of drug-likeness (QED) is 0.748. The Morgan fingerprint density at radius 3 is 2.89 bits per heavy atom. The molecule has 1 aromatic heterocycles. The topological polar surface area (TPSA) is 75.3 Å². The van der Waals surface area contributed by atoms with Crippen molar-refractivity contribution in [2.75, 3.05) is 6.54 Å². The van der Waals surface area contributed by atoms with Crippen LogP contribution in [0.2, 0.25) is 0 Å². The maximum absolute atomic E-state index is 11.9. The van der Waals surface area contributed by atoms with E-state index in [4.69, 9.17) is 4.74 Å². The third kappa shape index (κ3) is 2.88. The summed E-state index contributed by atoms with van der Waals surface area (Å²) >= 11 is 0. The van der Waals surface area contributed by atoms with Gasteiger partial charge in [0.05, 0.1) is 24.1 Å². The second-order valence-corrected chi connectivity index (χ2v) is 5.32. The first-order valence-corrected chi connectivity index (χ1v) is 5.90. The lowest BCUT2D eigenvalue weighted by Crippen LogP contribution is -2.41. The average Bonchev–Trinajstić information content (AvgIpc) is 2.25. The molecule has 1 aliphatic heterocycles. The Bertz CT molecular complexity index is 516. The van der Waals surface area contributed by atoms with Crippen molar-refractivity contribution in [3.8, 4) is 0 Å². The first kappa shape index (κ1) is 12.6. The molecule has 0 spiro atoms. The summed E-state index contributed by atoms with van der Waals surface area (Å²) in [5.41, 5.74) is 0.772. The summed E-state index contributed by atoms with van der Waals surface area (Å²) in [5, 5.41) is 0. The molecule has 1 aromatic rings. The average molecular weight is 251 g/mol. The Morgan fingerprint density at radius 1 is 1.50 bits per heavy atom. The molecular weight excluding hydrogens is 234 g/mol. The summed E-state index contributed by atoms with van der Waals surface area (Å²) in [6, 6.07) is 0. The van der Waals surface area contributed by atoms with Crippen LogP contribution in [0.5, 0.6) is 0 Å². The SMILES string of the molecule is CC(C)(C)OC(=O)N1CCc2ncc(=O)[nH]c2C1. The van der Waals surface area contributed by atoms with E-state index in [1.807, 2.05) is 20.8 Å². The highest BCUT2D eigenvalue weighted by molar-refractivity contribution is 5.68. The molecular formula is C12H17N3O3. The van der Waals surface area contributed by atoms with Crippen molar-refractivity contribution in [3.63, 3.8) is 0 Å². The maximum Gasteiger partial charge on any atom is 0.410 e. The van der Waals surface area contributed by atoms with E-state index in [1.54, 1.807) is 4.90 Å². The van der Waals surface area contributed by atoms with E-state index >= 15 is 0 Å². The van der Waals surface area contributed by atoms with Crippen molar-refractivity contribution >= 4 is 6.09 Å². The fraction of sp³-hybridized carbons (Fsp3) is 0.583. The maximum atomic E-state index is 11.9. The highest BCUT2D eigenvalue weighted by atomic mass is 16.6. The van der Waals surface area contributed by atoms with Crippen LogP contribution >= 0.6 is 0 Å². The molecule has 0 aliphatic carbocycles. The van der Waals surface area contributed by atoms with Crippen LogP contribution in [0.3, 0.4) is 0 Å². The third-order valence-electron chi connectivity index (χ3n) is 2.58. The lowest BCUT2D eigenvalue weighted by Gasteiger charge is -2.30. The van der Waals surface area contributed by atoms with Gasteiger partial charge in [-0.1, -0.05) is 0 Å². The second-order valence-electron chi connectivity index (χ2n) is 5.32. The van der Waals surface area contributed by atoms with E-state index in [2.05, 4.69) is 9.97 Å². The van der Waals surface area contributed by atoms with Crippen LogP contribution in [0.25, 0.3) is 0 Å². The van der Waals surface area contributed by atoms with Crippen molar-refractivity contribution in [2.24, 2.45) is 0 Å². The summed E-state index contributed by atoms with van der Waals surface area (Å²) in [6.07, 6.45) is 1.53. The zero-order valence-electron chi connectivity index (χ0n) is 10.8. The van der Waals surface area contributed by atoms with Gasteiger partial charge >= 0.3 is 6.09 Å². The molecule has 0 atom stereocenters. The number of carbonyl (C=O) groups is 1. The molecule has 18 heavy (non-hydrogen) atoms. The van der Waals surface area contributed by atoms with E-state index < -0.39 is 5.60 Å². The van der Waals surface area contributed by atoms with Gasteiger partial charge in [0.2, 0.25) is 0 Å². The monoisotopic (exact) mass is 251 g/mol. The van der Waals surface area contributed by atoms with Crippen LogP contribution in [0.15, 0.2) is 11.0 Å². The Hall–Kier alpha value is -1.85. The van der Waals surface area contributed by atoms with Crippen LogP contribution in [0, 0.1) is 0 Å². The van der Waals surface area contributed by atoms with Crippen molar-refractivity contribution in [3.05, 3.63) is 27.9 Å². The number of hydrogen-bond acceptors (Lipinski definition) is 4. The molecule has 0 unspecified atom stereocenters. The number of nitrogens with zero attached hydrogens (tertiary/aromatic N) is 2. The van der Waals surface area contributed by atoms with E-state index in [0.29, 0.717) is 25.2 Å². The Morgan fingerprint density at radius 2 is 2.22 bits per heavy atom. The summed E-state index contributed by atoms with van der Waals surface area (Å²) < 4.78 is 5.30. The minimum atomic E-state index is -0.514. The van der Waals surface area contributed by atoms with Crippen LogP contribution in [-0.4, -0.2) is 33.1 Å². The van der Waals surface area contributed by atoms with Gasteiger partial charge in [-0.3, -0.25) is 9.78 Å². The normalized spacial score (nSPS) is 15.2. The Kier molecular flexibility index (Phi) is 3.11. The zero-order chi connectivity index (χ0) is 13.3. The largest absolute Gasteiger partial charge is 0.444 e. The molecule has 0 saturated heterocycles. The first-order valence-electron chi connectivity index (χ1n) is 5.90. The molecule has 0 bridgehead atoms. The molecule has 2 heterocycles. The molecule has 1 N–H and O–H groups in total. The highest BCUT2D eigenvalue weighted by Crippen LogP contribution is 2.16. The summed E-state index contributed by atoms with van der Waals surface area (Å²) in [7, 11) is 0. The van der Waals surface area contributed by atoms with Crippen LogP contribution in [0.1, 0.15) is 32.2 Å². The van der Waals surface area contributed by atoms with Crippen molar-refractivity contribution in [2.45, 2.75) is 39.3 Å². The third-order valence-corrected chi connectivity index (χ3v) is 2.58. The van der Waals surface area contributed by atoms with Gasteiger partial charge in [-0.2, -0.15) is 0 Å². The van der Waals surface area contributed by atoms with Gasteiger partial charge < -0.3 is 14.6 Å². The molecule has 6 heteroatoms. The number of rotatable bonds is 0. The van der Waals surface area contributed by atoms with Crippen LogP contribution in [0.4, 0.5) is 4.79 Å². The van der Waals surface area contributed by atoms with Gasteiger partial charge in [0, 0.05) is 13.0 Å². The lowest BCUT2D eigenvalue weighted by atomic mass is 10.1. The minimum Gasteiger partial charge on any atom is -0.444 e. The number of amides is 1. The molecule has 0 fully saturated rings. The molecule has 2 rings (SSSR count). The smallest absolute Gasteiger partial charge is 0.410 e. The second kappa shape index (κ2) is 4.44. The number of H-pyrrole nitrogens is 1. The molecule has 1 aliphatic rings. The highest BCUT2D eigenvalue weighted by Gasteiger charge is 2.26. The van der Waals surface area contributed by atoms with Crippen LogP contribution in [-0.2, 0) is 17.7 Å². The van der Waals surface area contributed by atoms with Crippen molar-refractivity contribution in [1.29, 1.82) is 0 Å². The lowest BCUT2D eigenvalue weighted by molar-refractivity contribution is 0.0219. The predicted octanol–water partition coefficient (Wildman–Crippen LogP) is 1.06. The van der Waals surface area contributed by atoms with Crippen molar-refractivity contribution in [1.82, 2.24) is 14.9 Å². The summed E-state index contributed by atoms with van der Waals surface area (Å²) in [5.74, 6) is 0. The van der Waals surface area contributed by atoms with Gasteiger partial charge in [-0.25, -0.2) is 4.79 Å². The molecule has 98 valence electrons. The minimum absolute atomic E-state index is 0.250. The zero-order valence-corrected chi connectivity index (χ0v) is 10.8. The Balaban J connectivity index is 2.12. The molecule has 0 radical (unpaired) electrons. The molecule has 1 amide bonds. The van der Waals surface area contributed by atoms with Crippen LogP contribution < -0.4 is 5.56 Å². The molecule has 0 aromatic carbocycles. The van der Waals surface area contributed by atoms with E-state index in [-0.39, 0.29) is 11.7 Å². The van der Waals surface area contributed by atoms with E-state index in [1.165, 1.54) is 6.20 Å². The van der Waals surface area contributed by atoms with E-state index in [0.717, 1.165) is 5.69 Å². The first-order chi connectivity index (χ1) is 8.35. The Labute approximate surface area is 105 Å². The standard InChI is InChI=1S/C12H17N3O3/c1-12(2,3)18-11(17)15-5-4-8-9(7-15)14-10(16)6-13-8/h6H,4-5,7H2,1-3H3,(H,14,16). The van der Waals surface area contributed by atoms with Gasteiger partial charge in [0.25, 0.3) is 5.56 Å². The number of nitrogens with one attached hydrogen (secondary N) is 1. The summed E-state index contributed by atoms with van der Waals surface area (Å²) in [6.45, 7) is 6.37. The van der Waals surface area contributed by atoms with Crippen molar-refractivity contribution < 1.29 is 9.53 Å².